The van der Waals surface area contributed by atoms with Gasteiger partial charge in [-0.3, -0.25) is 4.57 Å². The summed E-state index contributed by atoms with van der Waals surface area (Å²) >= 11 is 0. The number of fused-ring (bicyclic) bond motifs is 1. The van der Waals surface area contributed by atoms with Crippen LogP contribution < -0.4 is 5.73 Å². The highest BCUT2D eigenvalue weighted by atomic mass is 31.2. The molecule has 3 heterocycles. The molecule has 8 heteroatoms. The minimum Gasteiger partial charge on any atom is -0.397 e. The van der Waals surface area contributed by atoms with Gasteiger partial charge in [0.25, 0.3) is 0 Å². The van der Waals surface area contributed by atoms with Crippen molar-refractivity contribution in [3.05, 3.63) is 18.6 Å². The van der Waals surface area contributed by atoms with Gasteiger partial charge in [-0.25, -0.2) is 14.4 Å². The van der Waals surface area contributed by atoms with Gasteiger partial charge in [-0.2, -0.15) is 0 Å². The Labute approximate surface area is 134 Å². The second-order valence-corrected chi connectivity index (χ2v) is 11.0. The third-order valence-corrected chi connectivity index (χ3v) is 5.55. The molecule has 1 unspecified atom stereocenters. The first kappa shape index (κ1) is 16.4. The molecule has 0 spiro atoms. The third-order valence-electron chi connectivity index (χ3n) is 4.08. The first-order valence-electron chi connectivity index (χ1n) is 7.50. The lowest BCUT2D eigenvalue weighted by Gasteiger charge is -2.18. The van der Waals surface area contributed by atoms with E-state index in [9.17, 15) is 9.50 Å². The molecule has 0 aromatic carbocycles. The number of halogens is 1. The van der Waals surface area contributed by atoms with Crippen LogP contribution in [-0.4, -0.2) is 63.8 Å². The summed E-state index contributed by atoms with van der Waals surface area (Å²) in [5.41, 5.74) is 7.28. The molecule has 0 amide bonds. The van der Waals surface area contributed by atoms with Gasteiger partial charge in [0.1, 0.15) is 11.6 Å². The predicted octanol–water partition coefficient (Wildman–Crippen LogP) is 1.71. The Morgan fingerprint density at radius 2 is 2.22 bits per heavy atom. The van der Waals surface area contributed by atoms with Gasteiger partial charge in [0, 0.05) is 6.20 Å². The number of hydrogen-bond acceptors (Lipinski definition) is 5. The average molecular weight is 340 g/mol. The molecule has 1 saturated heterocycles. The molecular weight excluding hydrogens is 318 g/mol. The van der Waals surface area contributed by atoms with Crippen LogP contribution in [0.1, 0.15) is 12.6 Å². The van der Waals surface area contributed by atoms with E-state index >= 15 is 0 Å². The highest BCUT2D eigenvalue weighted by molar-refractivity contribution is 7.72. The van der Waals surface area contributed by atoms with Crippen molar-refractivity contribution < 1.29 is 14.2 Å². The molecule has 1 aliphatic heterocycles. The fourth-order valence-corrected chi connectivity index (χ4v) is 3.74. The van der Waals surface area contributed by atoms with Gasteiger partial charge in [0.05, 0.1) is 18.1 Å². The maximum atomic E-state index is 14.6. The van der Waals surface area contributed by atoms with Gasteiger partial charge >= 0.3 is 0 Å². The first-order valence-corrected chi connectivity index (χ1v) is 10.6. The summed E-state index contributed by atoms with van der Waals surface area (Å²) in [7, 11) is 0. The van der Waals surface area contributed by atoms with Gasteiger partial charge in [0.2, 0.25) is 0 Å². The Morgan fingerprint density at radius 1 is 1.48 bits per heavy atom. The summed E-state index contributed by atoms with van der Waals surface area (Å²) in [5, 5.41) is 10.2. The Balaban J connectivity index is 1.85. The Morgan fingerprint density at radius 3 is 2.91 bits per heavy atom. The molecule has 0 aliphatic carbocycles. The molecule has 0 saturated carbocycles. The van der Waals surface area contributed by atoms with Crippen molar-refractivity contribution in [1.82, 2.24) is 14.5 Å². The number of anilines is 1. The van der Waals surface area contributed by atoms with E-state index in [1.54, 1.807) is 12.3 Å². The van der Waals surface area contributed by atoms with Crippen molar-refractivity contribution >= 4 is 30.0 Å². The van der Waals surface area contributed by atoms with Crippen LogP contribution in [0, 0.1) is 0 Å². The number of imidazole rings is 1. The summed E-state index contributed by atoms with van der Waals surface area (Å²) < 4.78 is 21.8. The van der Waals surface area contributed by atoms with Gasteiger partial charge in [0.15, 0.2) is 18.0 Å². The van der Waals surface area contributed by atoms with Crippen molar-refractivity contribution in [2.24, 2.45) is 0 Å². The Kier molecular flexibility index (Phi) is 4.21. The number of nitrogens with zero attached hydrogens (tertiary/aromatic N) is 3. The van der Waals surface area contributed by atoms with E-state index in [4.69, 9.17) is 10.5 Å². The van der Waals surface area contributed by atoms with Crippen LogP contribution in [0.3, 0.4) is 0 Å². The zero-order valence-corrected chi connectivity index (χ0v) is 14.2. The number of nitrogens with two attached hydrogens (primary N) is 1. The van der Waals surface area contributed by atoms with Crippen LogP contribution in [0.2, 0.25) is 0 Å². The monoisotopic (exact) mass is 340 g/mol. The van der Waals surface area contributed by atoms with Crippen LogP contribution in [0.25, 0.3) is 11.2 Å². The zero-order valence-electron chi connectivity index (χ0n) is 13.3. The molecule has 3 N–H and O–H groups in total. The number of nitrogen functional groups attached to an aromatic ring is 1. The summed E-state index contributed by atoms with van der Waals surface area (Å²) in [6.45, 7) is 2.96. The van der Waals surface area contributed by atoms with Gasteiger partial charge in [-0.1, -0.05) is 0 Å². The molecule has 126 valence electrons. The second kappa shape index (κ2) is 5.89. The lowest BCUT2D eigenvalue weighted by molar-refractivity contribution is -0.0233. The van der Waals surface area contributed by atoms with Crippen LogP contribution in [-0.2, 0) is 4.74 Å². The molecule has 2 aromatic heterocycles. The minimum absolute atomic E-state index is 0.454. The fraction of sp³-hybridized carbons (Fsp3) is 0.533. The second-order valence-electron chi connectivity index (χ2n) is 6.67. The number of pyridine rings is 1. The van der Waals surface area contributed by atoms with E-state index in [1.165, 1.54) is 10.9 Å². The van der Waals surface area contributed by atoms with Crippen LogP contribution in [0.15, 0.2) is 18.6 Å². The molecular formula is C15H22FN4O2P. The fourth-order valence-electron chi connectivity index (χ4n) is 2.78. The molecule has 2 aromatic rings. The number of aromatic nitrogens is 3. The summed E-state index contributed by atoms with van der Waals surface area (Å²) in [5.74, 6) is 0. The van der Waals surface area contributed by atoms with Gasteiger partial charge in [-0.15, -0.1) is 13.2 Å². The molecule has 4 atom stereocenters. The normalized spacial score (nSPS) is 28.5. The summed E-state index contributed by atoms with van der Waals surface area (Å²) in [4.78, 5) is 8.38. The first-order chi connectivity index (χ1) is 10.8. The SMILES string of the molecule is C=P(C)(C)CCC1O[C@@H](n2cnc3c(N)ccnc32)[C@H](F)[C@@H]1O. The number of aliphatic hydroxyl groups is 1. The third kappa shape index (κ3) is 3.13. The summed E-state index contributed by atoms with van der Waals surface area (Å²) in [6.07, 6.45) is 4.37. The molecule has 0 bridgehead atoms. The number of aliphatic hydroxyl groups excluding tert-OH is 1. The van der Waals surface area contributed by atoms with E-state index in [0.29, 0.717) is 23.3 Å². The molecule has 1 aliphatic rings. The Hall–Kier alpha value is -1.43. The van der Waals surface area contributed by atoms with Crippen LogP contribution in [0.4, 0.5) is 10.1 Å². The molecule has 6 nitrogen and oxygen atoms in total. The van der Waals surface area contributed by atoms with Crippen molar-refractivity contribution in [2.45, 2.75) is 31.0 Å². The Bertz CT molecular complexity index is 759. The van der Waals surface area contributed by atoms with E-state index in [2.05, 4.69) is 29.6 Å². The number of hydrogen-bond donors (Lipinski definition) is 2. The molecule has 0 radical (unpaired) electrons. The maximum Gasteiger partial charge on any atom is 0.173 e. The van der Waals surface area contributed by atoms with Gasteiger partial charge < -0.3 is 15.6 Å². The van der Waals surface area contributed by atoms with Gasteiger partial charge in [-0.05, 0) is 32.0 Å². The van der Waals surface area contributed by atoms with Crippen molar-refractivity contribution in [1.29, 1.82) is 0 Å². The van der Waals surface area contributed by atoms with E-state index in [1.807, 2.05) is 0 Å². The van der Waals surface area contributed by atoms with Crippen LogP contribution in [0.5, 0.6) is 0 Å². The predicted molar refractivity (Wildman–Crippen MR) is 92.1 cm³/mol. The van der Waals surface area contributed by atoms with E-state index < -0.39 is 31.5 Å². The summed E-state index contributed by atoms with van der Waals surface area (Å²) in [6, 6.07) is 1.64. The van der Waals surface area contributed by atoms with Crippen molar-refractivity contribution in [3.63, 3.8) is 0 Å². The largest absolute Gasteiger partial charge is 0.397 e. The number of rotatable bonds is 4. The minimum atomic E-state index is -1.54. The standard InChI is InChI=1S/C15H22FN4O2P/c1-23(2,3)7-5-10-13(21)11(16)15(22-10)20-8-19-12-9(17)4-6-18-14(12)20/h4,6,8,10-11,13,15,21H,1,5,7H2,2-3H3,(H2,17,18)/t10?,11-,13-,15-/m1/s1. The average Bonchev–Trinajstić information content (AvgIpc) is 3.01. The number of ether oxygens (including phenoxy) is 1. The van der Waals surface area contributed by atoms with E-state index in [0.717, 1.165) is 6.16 Å². The lowest BCUT2D eigenvalue weighted by Crippen LogP contribution is -2.29. The number of alkyl halides is 1. The topological polar surface area (TPSA) is 86.2 Å². The maximum absolute atomic E-state index is 14.6. The zero-order chi connectivity index (χ0) is 16.8. The lowest BCUT2D eigenvalue weighted by atomic mass is 10.1. The van der Waals surface area contributed by atoms with Crippen molar-refractivity contribution in [3.8, 4) is 0 Å². The highest BCUT2D eigenvalue weighted by Gasteiger charge is 2.45. The molecule has 1 fully saturated rings. The smallest absolute Gasteiger partial charge is 0.173 e. The van der Waals surface area contributed by atoms with E-state index in [-0.39, 0.29) is 0 Å². The quantitative estimate of drug-likeness (QED) is 0.828. The molecule has 3 rings (SSSR count). The van der Waals surface area contributed by atoms with Crippen molar-refractivity contribution in [2.75, 3.05) is 25.2 Å². The molecule has 23 heavy (non-hydrogen) atoms. The highest BCUT2D eigenvalue weighted by Crippen LogP contribution is 2.40. The van der Waals surface area contributed by atoms with Crippen LogP contribution >= 0.6 is 6.89 Å².